The topological polar surface area (TPSA) is 51.8 Å². The van der Waals surface area contributed by atoms with E-state index in [0.717, 1.165) is 27.4 Å². The molecule has 1 aromatic carbocycles. The Balaban J connectivity index is 2.63. The molecule has 4 heteroatoms. The summed E-state index contributed by atoms with van der Waals surface area (Å²) in [6.45, 7) is 6.13. The molecule has 2 rings (SSSR count). The Bertz CT molecular complexity index is 579. The number of halogens is 1. The van der Waals surface area contributed by atoms with Crippen molar-refractivity contribution in [3.8, 4) is 11.3 Å². The lowest BCUT2D eigenvalue weighted by Crippen LogP contribution is -2.04. The second-order valence-corrected chi connectivity index (χ2v) is 5.05. The number of hydrogen-bond acceptors (Lipinski definition) is 3. The number of benzene rings is 1. The van der Waals surface area contributed by atoms with Crippen LogP contribution in [0.2, 0.25) is 5.02 Å². The average Bonchev–Trinajstić information content (AvgIpc) is 2.32. The summed E-state index contributed by atoms with van der Waals surface area (Å²) in [5, 5.41) is 0.736. The summed E-state index contributed by atoms with van der Waals surface area (Å²) >= 11 is 6.16. The van der Waals surface area contributed by atoms with E-state index in [0.29, 0.717) is 5.82 Å². The Morgan fingerprint density at radius 3 is 2.56 bits per heavy atom. The normalized spacial score (nSPS) is 10.9. The molecule has 0 amide bonds. The van der Waals surface area contributed by atoms with Gasteiger partial charge in [-0.25, -0.2) is 9.97 Å². The minimum Gasteiger partial charge on any atom is -0.383 e. The molecule has 2 N–H and O–H groups in total. The number of rotatable bonds is 2. The zero-order valence-corrected chi connectivity index (χ0v) is 11.5. The maximum absolute atomic E-state index is 6.16. The van der Waals surface area contributed by atoms with Gasteiger partial charge < -0.3 is 5.73 Å². The minimum absolute atomic E-state index is 0.265. The summed E-state index contributed by atoms with van der Waals surface area (Å²) in [6, 6.07) is 5.92. The smallest absolute Gasteiger partial charge is 0.130 e. The van der Waals surface area contributed by atoms with Gasteiger partial charge >= 0.3 is 0 Å². The molecule has 3 nitrogen and oxygen atoms in total. The van der Waals surface area contributed by atoms with Gasteiger partial charge in [0.15, 0.2) is 0 Å². The third-order valence-electron chi connectivity index (χ3n) is 2.94. The van der Waals surface area contributed by atoms with E-state index < -0.39 is 0 Å². The summed E-state index contributed by atoms with van der Waals surface area (Å²) in [5.74, 6) is 0.799. The van der Waals surface area contributed by atoms with Crippen LogP contribution in [-0.2, 0) is 0 Å². The second kappa shape index (κ2) is 4.94. The zero-order chi connectivity index (χ0) is 13.3. The predicted molar refractivity (Wildman–Crippen MR) is 75.7 cm³/mol. The summed E-state index contributed by atoms with van der Waals surface area (Å²) in [4.78, 5) is 8.41. The molecule has 0 spiro atoms. The molecule has 0 unspecified atom stereocenters. The van der Waals surface area contributed by atoms with Crippen LogP contribution < -0.4 is 5.73 Å². The SMILES string of the molecule is Cc1ccc(-c2ncnc(N)c2C(C)C)cc1Cl. The highest BCUT2D eigenvalue weighted by molar-refractivity contribution is 6.31. The largest absolute Gasteiger partial charge is 0.383 e. The van der Waals surface area contributed by atoms with Gasteiger partial charge in [-0.3, -0.25) is 0 Å². The van der Waals surface area contributed by atoms with Crippen LogP contribution in [0.1, 0.15) is 30.9 Å². The molecule has 0 atom stereocenters. The van der Waals surface area contributed by atoms with Gasteiger partial charge in [-0.1, -0.05) is 37.6 Å². The van der Waals surface area contributed by atoms with Crippen LogP contribution in [0.3, 0.4) is 0 Å². The van der Waals surface area contributed by atoms with Crippen molar-refractivity contribution in [2.24, 2.45) is 0 Å². The van der Waals surface area contributed by atoms with Crippen molar-refractivity contribution in [2.75, 3.05) is 5.73 Å². The Morgan fingerprint density at radius 2 is 1.94 bits per heavy atom. The number of aromatic nitrogens is 2. The van der Waals surface area contributed by atoms with Crippen LogP contribution in [0.4, 0.5) is 5.82 Å². The van der Waals surface area contributed by atoms with Crippen molar-refractivity contribution in [1.29, 1.82) is 0 Å². The van der Waals surface area contributed by atoms with Crippen LogP contribution in [0.5, 0.6) is 0 Å². The molecule has 0 radical (unpaired) electrons. The molecule has 0 aliphatic heterocycles. The Kier molecular flexibility index (Phi) is 3.53. The Labute approximate surface area is 112 Å². The highest BCUT2D eigenvalue weighted by Gasteiger charge is 2.14. The maximum Gasteiger partial charge on any atom is 0.130 e. The van der Waals surface area contributed by atoms with Crippen molar-refractivity contribution < 1.29 is 0 Å². The maximum atomic E-state index is 6.16. The molecule has 0 saturated carbocycles. The van der Waals surface area contributed by atoms with Crippen molar-refractivity contribution >= 4 is 17.4 Å². The summed E-state index contributed by atoms with van der Waals surface area (Å²) in [5.41, 5.74) is 9.80. The summed E-state index contributed by atoms with van der Waals surface area (Å²) in [6.07, 6.45) is 1.49. The molecule has 18 heavy (non-hydrogen) atoms. The molecule has 2 aromatic rings. The molecule has 0 bridgehead atoms. The van der Waals surface area contributed by atoms with E-state index in [1.165, 1.54) is 6.33 Å². The first-order valence-electron chi connectivity index (χ1n) is 5.87. The molecular formula is C14H16ClN3. The van der Waals surface area contributed by atoms with Gasteiger partial charge in [-0.05, 0) is 24.5 Å². The Hall–Kier alpha value is -1.61. The highest BCUT2D eigenvalue weighted by Crippen LogP contribution is 2.32. The van der Waals surface area contributed by atoms with Crippen LogP contribution in [0.25, 0.3) is 11.3 Å². The predicted octanol–water partition coefficient (Wildman–Crippen LogP) is 3.81. The van der Waals surface area contributed by atoms with E-state index in [4.69, 9.17) is 17.3 Å². The van der Waals surface area contributed by atoms with Crippen molar-refractivity contribution in [3.05, 3.63) is 40.7 Å². The second-order valence-electron chi connectivity index (χ2n) is 4.64. The molecule has 1 heterocycles. The molecule has 0 saturated heterocycles. The Morgan fingerprint density at radius 1 is 1.22 bits per heavy atom. The van der Waals surface area contributed by atoms with Crippen molar-refractivity contribution in [2.45, 2.75) is 26.7 Å². The number of nitrogens with two attached hydrogens (primary N) is 1. The summed E-state index contributed by atoms with van der Waals surface area (Å²) in [7, 11) is 0. The number of nitrogens with zero attached hydrogens (tertiary/aromatic N) is 2. The first-order valence-corrected chi connectivity index (χ1v) is 6.25. The van der Waals surface area contributed by atoms with Crippen LogP contribution in [0, 0.1) is 6.92 Å². The number of hydrogen-bond donors (Lipinski definition) is 1. The van der Waals surface area contributed by atoms with Gasteiger partial charge in [0.2, 0.25) is 0 Å². The number of anilines is 1. The van der Waals surface area contributed by atoms with Gasteiger partial charge in [0, 0.05) is 16.1 Å². The third kappa shape index (κ3) is 2.31. The third-order valence-corrected chi connectivity index (χ3v) is 3.34. The summed E-state index contributed by atoms with van der Waals surface area (Å²) < 4.78 is 0. The van der Waals surface area contributed by atoms with E-state index in [9.17, 15) is 0 Å². The minimum atomic E-state index is 0.265. The lowest BCUT2D eigenvalue weighted by Gasteiger charge is -2.14. The van der Waals surface area contributed by atoms with Gasteiger partial charge in [-0.15, -0.1) is 0 Å². The van der Waals surface area contributed by atoms with Gasteiger partial charge in [0.25, 0.3) is 0 Å². The number of nitrogen functional groups attached to an aromatic ring is 1. The average molecular weight is 262 g/mol. The van der Waals surface area contributed by atoms with E-state index in [1.54, 1.807) is 0 Å². The molecular weight excluding hydrogens is 246 g/mol. The molecule has 0 aliphatic rings. The molecule has 0 aliphatic carbocycles. The van der Waals surface area contributed by atoms with Gasteiger partial charge in [0.1, 0.15) is 12.1 Å². The lowest BCUT2D eigenvalue weighted by molar-refractivity contribution is 0.854. The van der Waals surface area contributed by atoms with E-state index >= 15 is 0 Å². The monoisotopic (exact) mass is 261 g/mol. The van der Waals surface area contributed by atoms with E-state index in [2.05, 4.69) is 23.8 Å². The van der Waals surface area contributed by atoms with Gasteiger partial charge in [-0.2, -0.15) is 0 Å². The van der Waals surface area contributed by atoms with Crippen molar-refractivity contribution in [3.63, 3.8) is 0 Å². The first-order chi connectivity index (χ1) is 8.50. The standard InChI is InChI=1S/C14H16ClN3/c1-8(2)12-13(17-7-18-14(12)16)10-5-4-9(3)11(15)6-10/h4-8H,1-3H3,(H2,16,17,18). The fourth-order valence-electron chi connectivity index (χ4n) is 1.95. The van der Waals surface area contributed by atoms with Crippen molar-refractivity contribution in [1.82, 2.24) is 9.97 Å². The van der Waals surface area contributed by atoms with Crippen LogP contribution in [0.15, 0.2) is 24.5 Å². The molecule has 1 aromatic heterocycles. The lowest BCUT2D eigenvalue weighted by atomic mass is 9.97. The van der Waals surface area contributed by atoms with E-state index in [-0.39, 0.29) is 5.92 Å². The van der Waals surface area contributed by atoms with Crippen LogP contribution >= 0.6 is 11.6 Å². The van der Waals surface area contributed by atoms with E-state index in [1.807, 2.05) is 25.1 Å². The highest BCUT2D eigenvalue weighted by atomic mass is 35.5. The number of aryl methyl sites for hydroxylation is 1. The molecule has 94 valence electrons. The fraction of sp³-hybridized carbons (Fsp3) is 0.286. The zero-order valence-electron chi connectivity index (χ0n) is 10.7. The first kappa shape index (κ1) is 12.8. The van der Waals surface area contributed by atoms with Crippen LogP contribution in [-0.4, -0.2) is 9.97 Å². The molecule has 0 fully saturated rings. The quantitative estimate of drug-likeness (QED) is 0.894. The fourth-order valence-corrected chi connectivity index (χ4v) is 2.13. The van der Waals surface area contributed by atoms with Gasteiger partial charge in [0.05, 0.1) is 5.69 Å².